The molecule has 0 spiro atoms. The molecule has 5 nitrogen and oxygen atoms in total. The summed E-state index contributed by atoms with van der Waals surface area (Å²) in [7, 11) is 0. The SMILES string of the molecule is Cc1ccc(N2CCN(CC3CNNC3c3ccc(C#N)cc3)CC2)cc1C(F)(F)F. The Morgan fingerprint density at radius 2 is 1.77 bits per heavy atom. The molecule has 2 N–H and O–H groups in total. The van der Waals surface area contributed by atoms with E-state index in [0.717, 1.165) is 31.7 Å². The number of nitrogens with one attached hydrogen (secondary N) is 2. The molecular weight excluding hydrogens is 403 g/mol. The molecule has 164 valence electrons. The summed E-state index contributed by atoms with van der Waals surface area (Å²) in [6.45, 7) is 6.28. The number of aryl methyl sites for hydroxylation is 1. The van der Waals surface area contributed by atoms with Crippen molar-refractivity contribution in [3.8, 4) is 6.07 Å². The number of anilines is 1. The number of alkyl halides is 3. The minimum absolute atomic E-state index is 0.164. The zero-order chi connectivity index (χ0) is 22.0. The topological polar surface area (TPSA) is 54.3 Å². The van der Waals surface area contributed by atoms with Crippen molar-refractivity contribution in [3.05, 3.63) is 64.7 Å². The molecule has 2 fully saturated rings. The summed E-state index contributed by atoms with van der Waals surface area (Å²) in [4.78, 5) is 4.42. The van der Waals surface area contributed by atoms with Crippen molar-refractivity contribution in [2.45, 2.75) is 19.1 Å². The van der Waals surface area contributed by atoms with E-state index in [2.05, 4.69) is 21.8 Å². The molecular formula is C23H26F3N5. The van der Waals surface area contributed by atoms with Gasteiger partial charge in [-0.1, -0.05) is 18.2 Å². The van der Waals surface area contributed by atoms with Gasteiger partial charge in [-0.05, 0) is 42.3 Å². The van der Waals surface area contributed by atoms with Crippen LogP contribution in [0.5, 0.6) is 0 Å². The van der Waals surface area contributed by atoms with E-state index in [9.17, 15) is 13.2 Å². The first kappa shape index (κ1) is 21.6. The van der Waals surface area contributed by atoms with E-state index < -0.39 is 11.7 Å². The fourth-order valence-electron chi connectivity index (χ4n) is 4.46. The van der Waals surface area contributed by atoms with E-state index >= 15 is 0 Å². The summed E-state index contributed by atoms with van der Waals surface area (Å²) in [5.41, 5.74) is 8.70. The maximum atomic E-state index is 13.2. The van der Waals surface area contributed by atoms with Crippen LogP contribution in [0, 0.1) is 24.2 Å². The average molecular weight is 429 g/mol. The fraction of sp³-hybridized carbons (Fsp3) is 0.435. The lowest BCUT2D eigenvalue weighted by molar-refractivity contribution is -0.138. The molecule has 0 radical (unpaired) electrons. The lowest BCUT2D eigenvalue weighted by atomic mass is 9.93. The number of rotatable bonds is 4. The standard InChI is InChI=1S/C23H26F3N5/c1-16-2-7-20(12-21(16)23(24,25)26)31-10-8-30(9-11-31)15-19-14-28-29-22(19)18-5-3-17(13-27)4-6-18/h2-7,12,19,22,28-29H,8-11,14-15H2,1H3. The third kappa shape index (κ3) is 4.85. The molecule has 0 aromatic heterocycles. The molecule has 2 saturated heterocycles. The van der Waals surface area contributed by atoms with Crippen LogP contribution in [0.3, 0.4) is 0 Å². The van der Waals surface area contributed by atoms with Gasteiger partial charge in [-0.3, -0.25) is 10.3 Å². The summed E-state index contributed by atoms with van der Waals surface area (Å²) in [6, 6.07) is 14.6. The highest BCUT2D eigenvalue weighted by Crippen LogP contribution is 2.34. The molecule has 2 aromatic carbocycles. The quantitative estimate of drug-likeness (QED) is 0.780. The Morgan fingerprint density at radius 1 is 1.06 bits per heavy atom. The molecule has 2 aromatic rings. The van der Waals surface area contributed by atoms with Crippen LogP contribution in [-0.4, -0.2) is 44.2 Å². The van der Waals surface area contributed by atoms with Gasteiger partial charge < -0.3 is 4.90 Å². The van der Waals surface area contributed by atoms with Gasteiger partial charge in [0.25, 0.3) is 0 Å². The van der Waals surface area contributed by atoms with Crippen LogP contribution in [0.1, 0.15) is 28.3 Å². The minimum Gasteiger partial charge on any atom is -0.369 e. The van der Waals surface area contributed by atoms with Crippen molar-refractivity contribution >= 4 is 5.69 Å². The van der Waals surface area contributed by atoms with Gasteiger partial charge in [0.1, 0.15) is 0 Å². The highest BCUT2D eigenvalue weighted by molar-refractivity contribution is 5.52. The predicted octanol–water partition coefficient (Wildman–Crippen LogP) is 3.47. The number of hydrazine groups is 1. The monoisotopic (exact) mass is 429 g/mol. The molecule has 2 unspecified atom stereocenters. The van der Waals surface area contributed by atoms with E-state index in [1.54, 1.807) is 12.1 Å². The number of benzene rings is 2. The van der Waals surface area contributed by atoms with E-state index in [0.29, 0.717) is 30.3 Å². The minimum atomic E-state index is -4.33. The molecule has 2 atom stereocenters. The molecule has 0 amide bonds. The summed E-state index contributed by atoms with van der Waals surface area (Å²) in [5.74, 6) is 0.371. The third-order valence-electron chi connectivity index (χ3n) is 6.25. The fourth-order valence-corrected chi connectivity index (χ4v) is 4.46. The maximum absolute atomic E-state index is 13.2. The lowest BCUT2D eigenvalue weighted by Crippen LogP contribution is -2.48. The molecule has 8 heteroatoms. The van der Waals surface area contributed by atoms with Crippen molar-refractivity contribution in [3.63, 3.8) is 0 Å². The second-order valence-electron chi connectivity index (χ2n) is 8.28. The molecule has 2 aliphatic heterocycles. The highest BCUT2D eigenvalue weighted by atomic mass is 19.4. The van der Waals surface area contributed by atoms with Gasteiger partial charge in [-0.2, -0.15) is 18.4 Å². The number of nitriles is 1. The third-order valence-corrected chi connectivity index (χ3v) is 6.25. The Kier molecular flexibility index (Phi) is 6.19. The number of piperazine rings is 1. The van der Waals surface area contributed by atoms with Crippen LogP contribution in [0.2, 0.25) is 0 Å². The zero-order valence-electron chi connectivity index (χ0n) is 17.4. The molecule has 2 aliphatic rings. The summed E-state index contributed by atoms with van der Waals surface area (Å²) in [6.07, 6.45) is -4.33. The van der Waals surface area contributed by atoms with Crippen LogP contribution < -0.4 is 15.8 Å². The van der Waals surface area contributed by atoms with Crippen molar-refractivity contribution in [1.29, 1.82) is 5.26 Å². The van der Waals surface area contributed by atoms with Gasteiger partial charge in [-0.15, -0.1) is 0 Å². The van der Waals surface area contributed by atoms with Crippen LogP contribution in [0.25, 0.3) is 0 Å². The van der Waals surface area contributed by atoms with E-state index in [4.69, 9.17) is 5.26 Å². The van der Waals surface area contributed by atoms with E-state index in [1.165, 1.54) is 13.0 Å². The second kappa shape index (κ2) is 8.87. The number of halogens is 3. The summed E-state index contributed by atoms with van der Waals surface area (Å²) < 4.78 is 39.7. The first-order chi connectivity index (χ1) is 14.8. The Balaban J connectivity index is 1.36. The Labute approximate surface area is 180 Å². The van der Waals surface area contributed by atoms with Crippen LogP contribution >= 0.6 is 0 Å². The van der Waals surface area contributed by atoms with Gasteiger partial charge >= 0.3 is 6.18 Å². The zero-order valence-corrected chi connectivity index (χ0v) is 17.4. The molecule has 0 saturated carbocycles. The van der Waals surface area contributed by atoms with Gasteiger partial charge in [-0.25, -0.2) is 5.43 Å². The average Bonchev–Trinajstić information content (AvgIpc) is 3.22. The highest BCUT2D eigenvalue weighted by Gasteiger charge is 2.34. The smallest absolute Gasteiger partial charge is 0.369 e. The first-order valence-corrected chi connectivity index (χ1v) is 10.5. The molecule has 4 rings (SSSR count). The van der Waals surface area contributed by atoms with Crippen LogP contribution in [-0.2, 0) is 6.18 Å². The second-order valence-corrected chi connectivity index (χ2v) is 8.28. The molecule has 31 heavy (non-hydrogen) atoms. The lowest BCUT2D eigenvalue weighted by Gasteiger charge is -2.38. The number of hydrogen-bond acceptors (Lipinski definition) is 5. The normalized spacial score (nSPS) is 22.5. The van der Waals surface area contributed by atoms with Crippen LogP contribution in [0.15, 0.2) is 42.5 Å². The molecule has 2 heterocycles. The van der Waals surface area contributed by atoms with Gasteiger partial charge in [0.05, 0.1) is 23.2 Å². The van der Waals surface area contributed by atoms with Crippen molar-refractivity contribution in [1.82, 2.24) is 15.8 Å². The van der Waals surface area contributed by atoms with Crippen molar-refractivity contribution < 1.29 is 13.2 Å². The summed E-state index contributed by atoms with van der Waals surface area (Å²) in [5, 5.41) is 8.99. The van der Waals surface area contributed by atoms with Crippen molar-refractivity contribution in [2.75, 3.05) is 44.2 Å². The van der Waals surface area contributed by atoms with E-state index in [1.807, 2.05) is 29.2 Å². The predicted molar refractivity (Wildman–Crippen MR) is 113 cm³/mol. The largest absolute Gasteiger partial charge is 0.416 e. The number of nitrogens with zero attached hydrogens (tertiary/aromatic N) is 3. The van der Waals surface area contributed by atoms with Gasteiger partial charge in [0.2, 0.25) is 0 Å². The molecule has 0 aliphatic carbocycles. The summed E-state index contributed by atoms with van der Waals surface area (Å²) >= 11 is 0. The van der Waals surface area contributed by atoms with Gasteiger partial charge in [0.15, 0.2) is 0 Å². The number of hydrogen-bond donors (Lipinski definition) is 2. The van der Waals surface area contributed by atoms with Crippen LogP contribution in [0.4, 0.5) is 18.9 Å². The van der Waals surface area contributed by atoms with Crippen molar-refractivity contribution in [2.24, 2.45) is 5.92 Å². The van der Waals surface area contributed by atoms with Gasteiger partial charge in [0, 0.05) is 50.9 Å². The maximum Gasteiger partial charge on any atom is 0.416 e. The Hall–Kier alpha value is -2.60. The molecule has 0 bridgehead atoms. The van der Waals surface area contributed by atoms with E-state index in [-0.39, 0.29) is 11.6 Å². The Bertz CT molecular complexity index is 943. The Morgan fingerprint density at radius 3 is 2.42 bits per heavy atom. The first-order valence-electron chi connectivity index (χ1n) is 10.5.